The molecule has 0 bridgehead atoms. The third-order valence-corrected chi connectivity index (χ3v) is 12.0. The second-order valence-electron chi connectivity index (χ2n) is 14.4. The molecule has 58 heavy (non-hydrogen) atoms. The number of fused-ring (bicyclic) bond motifs is 6. The van der Waals surface area contributed by atoms with Gasteiger partial charge < -0.3 is 9.13 Å². The first kappa shape index (κ1) is 34.6. The van der Waals surface area contributed by atoms with Gasteiger partial charge in [0.1, 0.15) is 0 Å². The van der Waals surface area contributed by atoms with Gasteiger partial charge in [-0.25, -0.2) is 15.0 Å². The van der Waals surface area contributed by atoms with Gasteiger partial charge in [-0.3, -0.25) is 0 Å². The minimum absolute atomic E-state index is 0.608. The number of hydrogen-bond donors (Lipinski definition) is 0. The second kappa shape index (κ2) is 14.1. The molecule has 0 atom stereocenters. The highest BCUT2D eigenvalue weighted by molar-refractivity contribution is 9.10. The molecule has 7 heteroatoms. The highest BCUT2D eigenvalue weighted by atomic mass is 79.9. The molecule has 0 unspecified atom stereocenters. The summed E-state index contributed by atoms with van der Waals surface area (Å²) in [6.45, 7) is 0. The Morgan fingerprint density at radius 1 is 0.293 bits per heavy atom. The molecule has 0 spiro atoms. The van der Waals surface area contributed by atoms with Crippen molar-refractivity contribution in [3.8, 4) is 56.7 Å². The molecule has 5 nitrogen and oxygen atoms in total. The number of benzene rings is 8. The third kappa shape index (κ3) is 5.94. The summed E-state index contributed by atoms with van der Waals surface area (Å²) in [6, 6.07) is 66.3. The lowest BCUT2D eigenvalue weighted by Gasteiger charge is -2.12. The summed E-state index contributed by atoms with van der Waals surface area (Å²) in [4.78, 5) is 15.1. The maximum Gasteiger partial charge on any atom is 0.164 e. The Labute approximate surface area is 351 Å². The summed E-state index contributed by atoms with van der Waals surface area (Å²) >= 11 is 7.14. The van der Waals surface area contributed by atoms with Crippen molar-refractivity contribution in [2.24, 2.45) is 0 Å². The lowest BCUT2D eigenvalue weighted by atomic mass is 10.0. The molecular formula is C51H31Br2N5. The molecule has 0 aliphatic heterocycles. The Bertz CT molecular complexity index is 3290. The number of halogens is 2. The van der Waals surface area contributed by atoms with Gasteiger partial charge in [-0.05, 0) is 90.0 Å². The molecular weight excluding hydrogens is 842 g/mol. The minimum atomic E-state index is 0.608. The zero-order valence-electron chi connectivity index (χ0n) is 30.9. The topological polar surface area (TPSA) is 48.5 Å². The second-order valence-corrected chi connectivity index (χ2v) is 16.2. The van der Waals surface area contributed by atoms with Crippen molar-refractivity contribution in [3.05, 3.63) is 197 Å². The average molecular weight is 874 g/mol. The Kier molecular flexibility index (Phi) is 8.38. The summed E-state index contributed by atoms with van der Waals surface area (Å²) in [5.74, 6) is 1.84. The van der Waals surface area contributed by atoms with Crippen molar-refractivity contribution in [1.82, 2.24) is 24.1 Å². The maximum absolute atomic E-state index is 5.06. The lowest BCUT2D eigenvalue weighted by Crippen LogP contribution is -2.01. The number of para-hydroxylation sites is 3. The molecule has 274 valence electrons. The van der Waals surface area contributed by atoms with Gasteiger partial charge >= 0.3 is 0 Å². The van der Waals surface area contributed by atoms with Crippen LogP contribution in [0.15, 0.2) is 197 Å². The summed E-state index contributed by atoms with van der Waals surface area (Å²) in [7, 11) is 0. The van der Waals surface area contributed by atoms with Gasteiger partial charge in [0.05, 0.1) is 22.1 Å². The van der Waals surface area contributed by atoms with E-state index in [0.717, 1.165) is 53.6 Å². The van der Waals surface area contributed by atoms with Crippen molar-refractivity contribution in [2.45, 2.75) is 0 Å². The van der Waals surface area contributed by atoms with Crippen molar-refractivity contribution in [1.29, 1.82) is 0 Å². The predicted octanol–water partition coefficient (Wildman–Crippen LogP) is 14.3. The fraction of sp³-hybridized carbons (Fsp3) is 0. The summed E-state index contributed by atoms with van der Waals surface area (Å²) in [5, 5.41) is 4.86. The molecule has 0 fully saturated rings. The van der Waals surface area contributed by atoms with Crippen molar-refractivity contribution in [2.75, 3.05) is 0 Å². The molecule has 0 aliphatic rings. The zero-order chi connectivity index (χ0) is 38.7. The van der Waals surface area contributed by atoms with Crippen LogP contribution in [-0.4, -0.2) is 24.1 Å². The van der Waals surface area contributed by atoms with Crippen LogP contribution < -0.4 is 0 Å². The molecule has 8 aromatic carbocycles. The molecule has 0 saturated heterocycles. The molecule has 0 N–H and O–H groups in total. The van der Waals surface area contributed by atoms with Crippen molar-refractivity contribution >= 4 is 75.5 Å². The van der Waals surface area contributed by atoms with E-state index in [4.69, 9.17) is 15.0 Å². The van der Waals surface area contributed by atoms with E-state index in [2.05, 4.69) is 181 Å². The average Bonchev–Trinajstić information content (AvgIpc) is 3.79. The van der Waals surface area contributed by atoms with E-state index in [1.54, 1.807) is 0 Å². The maximum atomic E-state index is 5.06. The minimum Gasteiger partial charge on any atom is -0.309 e. The van der Waals surface area contributed by atoms with E-state index < -0.39 is 0 Å². The van der Waals surface area contributed by atoms with Crippen LogP contribution in [0.2, 0.25) is 0 Å². The normalized spacial score (nSPS) is 11.6. The standard InChI is InChI=1S/C51H31Br2N5/c52-37-23-17-32(18-24-37)49-54-50(33-19-25-38(53)26-20-33)56-51(55-49)36-9-8-12-40(29-36)58-45-15-6-4-13-41(45)43-27-21-35(31-48(43)58)34-22-28-47-44(30-34)42-14-5-7-16-46(42)57(47)39-10-2-1-3-11-39/h1-31H. The number of nitrogens with zero attached hydrogens (tertiary/aromatic N) is 5. The SMILES string of the molecule is Brc1ccc(-c2nc(-c3ccc(Br)cc3)nc(-c3cccc(-n4c5ccccc5c5ccc(-c6ccc7c(c6)c6ccccc6n7-c6ccccc6)cc54)c3)n2)cc1. The molecule has 0 radical (unpaired) electrons. The first-order chi connectivity index (χ1) is 28.6. The van der Waals surface area contributed by atoms with Gasteiger partial charge in [0, 0.05) is 58.6 Å². The van der Waals surface area contributed by atoms with Crippen LogP contribution >= 0.6 is 31.9 Å². The monoisotopic (exact) mass is 871 g/mol. The van der Waals surface area contributed by atoms with Gasteiger partial charge in [-0.1, -0.05) is 141 Å². The van der Waals surface area contributed by atoms with E-state index in [-0.39, 0.29) is 0 Å². The number of hydrogen-bond acceptors (Lipinski definition) is 3. The van der Waals surface area contributed by atoms with Crippen LogP contribution in [0.4, 0.5) is 0 Å². The number of aromatic nitrogens is 5. The van der Waals surface area contributed by atoms with E-state index in [0.29, 0.717) is 17.5 Å². The largest absolute Gasteiger partial charge is 0.309 e. The molecule has 11 aromatic rings. The Morgan fingerprint density at radius 3 is 1.41 bits per heavy atom. The molecule has 0 aliphatic carbocycles. The third-order valence-electron chi connectivity index (χ3n) is 10.9. The fourth-order valence-corrected chi connectivity index (χ4v) is 8.71. The quantitative estimate of drug-likeness (QED) is 0.167. The van der Waals surface area contributed by atoms with E-state index in [9.17, 15) is 0 Å². The predicted molar refractivity (Wildman–Crippen MR) is 246 cm³/mol. The van der Waals surface area contributed by atoms with Gasteiger partial charge in [0.25, 0.3) is 0 Å². The first-order valence-electron chi connectivity index (χ1n) is 19.1. The molecule has 0 saturated carbocycles. The summed E-state index contributed by atoms with van der Waals surface area (Å²) in [5.41, 5.74) is 11.9. The van der Waals surface area contributed by atoms with E-state index >= 15 is 0 Å². The highest BCUT2D eigenvalue weighted by Gasteiger charge is 2.18. The molecule has 3 aromatic heterocycles. The summed E-state index contributed by atoms with van der Waals surface area (Å²) < 4.78 is 6.72. The first-order valence-corrected chi connectivity index (χ1v) is 20.7. The Balaban J connectivity index is 1.07. The number of rotatable bonds is 6. The van der Waals surface area contributed by atoms with Crippen molar-refractivity contribution in [3.63, 3.8) is 0 Å². The van der Waals surface area contributed by atoms with Gasteiger partial charge in [0.2, 0.25) is 0 Å². The molecule has 3 heterocycles. The van der Waals surface area contributed by atoms with Gasteiger partial charge in [-0.2, -0.15) is 0 Å². The summed E-state index contributed by atoms with van der Waals surface area (Å²) in [6.07, 6.45) is 0. The van der Waals surface area contributed by atoms with Crippen LogP contribution in [0.5, 0.6) is 0 Å². The van der Waals surface area contributed by atoms with E-state index in [1.165, 1.54) is 38.1 Å². The fourth-order valence-electron chi connectivity index (χ4n) is 8.18. The van der Waals surface area contributed by atoms with Crippen molar-refractivity contribution < 1.29 is 0 Å². The van der Waals surface area contributed by atoms with Gasteiger partial charge in [0.15, 0.2) is 17.5 Å². The molecule has 0 amide bonds. The van der Waals surface area contributed by atoms with Crippen LogP contribution in [0.3, 0.4) is 0 Å². The van der Waals surface area contributed by atoms with Crippen LogP contribution in [-0.2, 0) is 0 Å². The zero-order valence-corrected chi connectivity index (χ0v) is 34.1. The molecule has 11 rings (SSSR count). The van der Waals surface area contributed by atoms with Crippen LogP contribution in [0, 0.1) is 0 Å². The van der Waals surface area contributed by atoms with Gasteiger partial charge in [-0.15, -0.1) is 0 Å². The smallest absolute Gasteiger partial charge is 0.164 e. The van der Waals surface area contributed by atoms with Crippen LogP contribution in [0.25, 0.3) is 100 Å². The highest BCUT2D eigenvalue weighted by Crippen LogP contribution is 2.39. The van der Waals surface area contributed by atoms with Crippen LogP contribution in [0.1, 0.15) is 0 Å². The Hall–Kier alpha value is -6.67. The Morgan fingerprint density at radius 2 is 0.759 bits per heavy atom. The lowest BCUT2D eigenvalue weighted by molar-refractivity contribution is 1.07. The van der Waals surface area contributed by atoms with E-state index in [1.807, 2.05) is 48.5 Å².